The van der Waals surface area contributed by atoms with E-state index < -0.39 is 0 Å². The van der Waals surface area contributed by atoms with E-state index in [1.54, 1.807) is 0 Å². The molecule has 0 N–H and O–H groups in total. The number of ether oxygens (including phenoxy) is 1. The Balaban J connectivity index is 1.02. The summed E-state index contributed by atoms with van der Waals surface area (Å²) in [6.45, 7) is 2.83. The zero-order valence-electron chi connectivity index (χ0n) is 36.8. The molecule has 0 atom stereocenters. The van der Waals surface area contributed by atoms with Gasteiger partial charge in [0.1, 0.15) is 5.75 Å². The second kappa shape index (κ2) is 15.8. The Kier molecular flexibility index (Phi) is 9.10. The molecular formula is C61H43N5O. The number of para-hydroxylation sites is 5. The van der Waals surface area contributed by atoms with Crippen molar-refractivity contribution in [3.8, 4) is 56.7 Å². The predicted molar refractivity (Wildman–Crippen MR) is 277 cm³/mol. The monoisotopic (exact) mass is 861 g/mol. The van der Waals surface area contributed by atoms with E-state index in [2.05, 4.69) is 221 Å². The van der Waals surface area contributed by atoms with Crippen molar-refractivity contribution in [2.45, 2.75) is 13.3 Å². The smallest absolute Gasteiger partial charge is 0.160 e. The van der Waals surface area contributed by atoms with Crippen LogP contribution in [0.2, 0.25) is 0 Å². The zero-order chi connectivity index (χ0) is 44.4. The fraction of sp³-hybridized carbons (Fsp3) is 0.0492. The van der Waals surface area contributed by atoms with Gasteiger partial charge in [-0.2, -0.15) is 0 Å². The number of benzene rings is 9. The molecule has 0 aliphatic rings. The van der Waals surface area contributed by atoms with E-state index in [-0.39, 0.29) is 0 Å². The third-order valence-electron chi connectivity index (χ3n) is 13.2. The molecule has 0 fully saturated rings. The molecule has 4 heterocycles. The quantitative estimate of drug-likeness (QED) is 0.145. The van der Waals surface area contributed by atoms with Gasteiger partial charge in [0, 0.05) is 66.1 Å². The Hall–Kier alpha value is -8.74. The summed E-state index contributed by atoms with van der Waals surface area (Å²) in [6.07, 6.45) is 0.964. The Morgan fingerprint density at radius 1 is 0.343 bits per heavy atom. The van der Waals surface area contributed by atoms with Gasteiger partial charge in [0.05, 0.1) is 51.1 Å². The molecule has 9 aromatic carbocycles. The zero-order valence-corrected chi connectivity index (χ0v) is 36.8. The summed E-state index contributed by atoms with van der Waals surface area (Å²) < 4.78 is 13.2. The highest BCUT2D eigenvalue weighted by Gasteiger charge is 2.20. The lowest BCUT2D eigenvalue weighted by atomic mass is 10.0. The third kappa shape index (κ3) is 6.40. The molecule has 13 aromatic rings. The highest BCUT2D eigenvalue weighted by Crippen LogP contribution is 2.40. The fourth-order valence-corrected chi connectivity index (χ4v) is 10.2. The number of rotatable bonds is 9. The van der Waals surface area contributed by atoms with Gasteiger partial charge in [0.25, 0.3) is 0 Å². The summed E-state index contributed by atoms with van der Waals surface area (Å²) in [5, 5.41) is 7.23. The van der Waals surface area contributed by atoms with E-state index in [0.717, 1.165) is 90.4 Å². The summed E-state index contributed by atoms with van der Waals surface area (Å²) in [6, 6.07) is 78.0. The van der Waals surface area contributed by atoms with Gasteiger partial charge < -0.3 is 18.4 Å². The van der Waals surface area contributed by atoms with E-state index in [1.165, 1.54) is 32.3 Å². The summed E-state index contributed by atoms with van der Waals surface area (Å²) >= 11 is 0. The molecule has 318 valence electrons. The first-order valence-corrected chi connectivity index (χ1v) is 23.0. The van der Waals surface area contributed by atoms with E-state index in [4.69, 9.17) is 14.7 Å². The largest absolute Gasteiger partial charge is 0.494 e. The third-order valence-corrected chi connectivity index (χ3v) is 13.2. The number of hydrogen-bond acceptors (Lipinski definition) is 3. The predicted octanol–water partition coefficient (Wildman–Crippen LogP) is 15.6. The highest BCUT2D eigenvalue weighted by molar-refractivity contribution is 6.11. The van der Waals surface area contributed by atoms with Crippen molar-refractivity contribution >= 4 is 65.4 Å². The molecule has 0 aliphatic heterocycles. The number of hydrogen-bond donors (Lipinski definition) is 0. The second-order valence-electron chi connectivity index (χ2n) is 17.2. The van der Waals surface area contributed by atoms with E-state index in [9.17, 15) is 0 Å². The molecule has 0 saturated heterocycles. The van der Waals surface area contributed by atoms with Gasteiger partial charge in [0.2, 0.25) is 0 Å². The molecule has 0 amide bonds. The molecule has 67 heavy (non-hydrogen) atoms. The minimum Gasteiger partial charge on any atom is -0.494 e. The van der Waals surface area contributed by atoms with Crippen molar-refractivity contribution < 1.29 is 4.74 Å². The molecule has 13 rings (SSSR count). The SMILES string of the molecule is CCCOc1ccc2c(c1)c1ccccc1n2-c1ccc(-c2cc(-c3cc(-n4c5ccccc5c5ccccc54)cc(-n4c5ccccc5c5ccccc54)c3)nc(-c3ccccc3)n2)cc1. The average molecular weight is 862 g/mol. The minimum absolute atomic E-state index is 0.668. The Morgan fingerprint density at radius 2 is 0.776 bits per heavy atom. The van der Waals surface area contributed by atoms with E-state index in [1.807, 2.05) is 18.2 Å². The molecule has 0 aliphatic carbocycles. The maximum absolute atomic E-state index is 6.07. The van der Waals surface area contributed by atoms with Crippen molar-refractivity contribution in [1.82, 2.24) is 23.7 Å². The van der Waals surface area contributed by atoms with Crippen LogP contribution in [0.25, 0.3) is 116 Å². The number of fused-ring (bicyclic) bond motifs is 9. The van der Waals surface area contributed by atoms with Crippen LogP contribution in [0.4, 0.5) is 0 Å². The Labute approximate surface area is 387 Å². The minimum atomic E-state index is 0.668. The summed E-state index contributed by atoms with van der Waals surface area (Å²) in [4.78, 5) is 10.7. The number of aromatic nitrogens is 5. The molecule has 0 radical (unpaired) electrons. The van der Waals surface area contributed by atoms with Crippen LogP contribution >= 0.6 is 0 Å². The Bertz CT molecular complexity index is 3790. The molecule has 6 nitrogen and oxygen atoms in total. The first-order chi connectivity index (χ1) is 33.2. The van der Waals surface area contributed by atoms with Crippen LogP contribution in [0.1, 0.15) is 13.3 Å². The molecular weight excluding hydrogens is 819 g/mol. The lowest BCUT2D eigenvalue weighted by Gasteiger charge is -2.16. The molecule has 0 bridgehead atoms. The van der Waals surface area contributed by atoms with Gasteiger partial charge in [-0.3, -0.25) is 0 Å². The molecule has 6 heteroatoms. The highest BCUT2D eigenvalue weighted by atomic mass is 16.5. The van der Waals surface area contributed by atoms with Crippen LogP contribution in [0.5, 0.6) is 5.75 Å². The van der Waals surface area contributed by atoms with Crippen molar-refractivity contribution in [1.29, 1.82) is 0 Å². The van der Waals surface area contributed by atoms with Gasteiger partial charge in [-0.05, 0) is 91.3 Å². The second-order valence-corrected chi connectivity index (χ2v) is 17.2. The van der Waals surface area contributed by atoms with Crippen molar-refractivity contribution in [3.63, 3.8) is 0 Å². The molecule has 0 unspecified atom stereocenters. The van der Waals surface area contributed by atoms with Crippen molar-refractivity contribution in [2.24, 2.45) is 0 Å². The Morgan fingerprint density at radius 3 is 1.28 bits per heavy atom. The molecule has 0 spiro atoms. The molecule has 0 saturated carbocycles. The van der Waals surface area contributed by atoms with Gasteiger partial charge in [-0.15, -0.1) is 0 Å². The topological polar surface area (TPSA) is 49.8 Å². The normalized spacial score (nSPS) is 11.8. The van der Waals surface area contributed by atoms with E-state index in [0.29, 0.717) is 12.4 Å². The van der Waals surface area contributed by atoms with Crippen LogP contribution in [0.3, 0.4) is 0 Å². The van der Waals surface area contributed by atoms with Crippen molar-refractivity contribution in [2.75, 3.05) is 6.61 Å². The van der Waals surface area contributed by atoms with E-state index >= 15 is 0 Å². The standard InChI is InChI=1S/C61H43N5O/c1-2-34-67-46-32-33-60-52(38-46)51-22-10-15-27-59(51)64(60)43-30-28-40(29-31-43)53-39-54(63-61(62-53)41-16-4-3-5-17-41)42-35-44(65-55-23-11-6-18-47(55)48-19-7-12-24-56(48)65)37-45(36-42)66-57-25-13-8-20-49(57)50-21-9-14-26-58(50)66/h3-33,35-39H,2,34H2,1H3. The van der Waals surface area contributed by atoms with Crippen molar-refractivity contribution in [3.05, 3.63) is 218 Å². The maximum atomic E-state index is 6.07. The van der Waals surface area contributed by atoms with Crippen LogP contribution in [-0.4, -0.2) is 30.3 Å². The van der Waals surface area contributed by atoms with Gasteiger partial charge in [-0.1, -0.05) is 140 Å². The summed E-state index contributed by atoms with van der Waals surface area (Å²) in [5.74, 6) is 1.56. The van der Waals surface area contributed by atoms with Crippen LogP contribution in [0.15, 0.2) is 218 Å². The van der Waals surface area contributed by atoms with Gasteiger partial charge in [-0.25, -0.2) is 9.97 Å². The van der Waals surface area contributed by atoms with Gasteiger partial charge >= 0.3 is 0 Å². The summed E-state index contributed by atoms with van der Waals surface area (Å²) in [5.41, 5.74) is 14.7. The fourth-order valence-electron chi connectivity index (χ4n) is 10.2. The van der Waals surface area contributed by atoms with Crippen LogP contribution in [0, 0.1) is 0 Å². The van der Waals surface area contributed by atoms with Crippen LogP contribution < -0.4 is 4.74 Å². The summed E-state index contributed by atoms with van der Waals surface area (Å²) in [7, 11) is 0. The number of nitrogens with zero attached hydrogens (tertiary/aromatic N) is 5. The first kappa shape index (κ1) is 38.7. The van der Waals surface area contributed by atoms with Gasteiger partial charge in [0.15, 0.2) is 5.82 Å². The lowest BCUT2D eigenvalue weighted by Crippen LogP contribution is -2.01. The van der Waals surface area contributed by atoms with Crippen LogP contribution in [-0.2, 0) is 0 Å². The average Bonchev–Trinajstić information content (AvgIpc) is 4.04. The first-order valence-electron chi connectivity index (χ1n) is 23.0. The lowest BCUT2D eigenvalue weighted by molar-refractivity contribution is 0.318. The maximum Gasteiger partial charge on any atom is 0.160 e. The molecule has 4 aromatic heterocycles.